The van der Waals surface area contributed by atoms with Gasteiger partial charge in [0.15, 0.2) is 5.11 Å². The highest BCUT2D eigenvalue weighted by Crippen LogP contribution is 2.29. The average molecular weight is 367 g/mol. The zero-order chi connectivity index (χ0) is 18.8. The fourth-order valence-electron chi connectivity index (χ4n) is 2.74. The maximum atomic E-state index is 12.9. The van der Waals surface area contributed by atoms with Crippen LogP contribution in [0.1, 0.15) is 5.56 Å². The standard InChI is InChI=1S/C20H21N3O2S/c1-21(2)15-7-5-14(6-8-15)13-18-19(24)23(20(26)22(18)3)16-9-11-17(25-4)12-10-16/h5-13H,1-4H3/b18-13-. The van der Waals surface area contributed by atoms with Crippen molar-refractivity contribution in [1.29, 1.82) is 0 Å². The Bertz CT molecular complexity index is 858. The third kappa shape index (κ3) is 3.28. The Labute approximate surface area is 159 Å². The molecular formula is C20H21N3O2S. The van der Waals surface area contributed by atoms with Gasteiger partial charge in [-0.25, -0.2) is 0 Å². The van der Waals surface area contributed by atoms with Gasteiger partial charge >= 0.3 is 0 Å². The summed E-state index contributed by atoms with van der Waals surface area (Å²) in [5, 5.41) is 0.455. The first kappa shape index (κ1) is 17.9. The Kier molecular flexibility index (Phi) is 4.95. The van der Waals surface area contributed by atoms with Crippen molar-refractivity contribution >= 4 is 40.7 Å². The van der Waals surface area contributed by atoms with Crippen LogP contribution < -0.4 is 14.5 Å². The number of carbonyl (C=O) groups is 1. The molecule has 0 spiro atoms. The summed E-state index contributed by atoms with van der Waals surface area (Å²) < 4.78 is 5.17. The third-order valence-electron chi connectivity index (χ3n) is 4.31. The zero-order valence-electron chi connectivity index (χ0n) is 15.3. The number of nitrogens with zero attached hydrogens (tertiary/aromatic N) is 3. The summed E-state index contributed by atoms with van der Waals surface area (Å²) in [6.07, 6.45) is 1.86. The van der Waals surface area contributed by atoms with Gasteiger partial charge in [-0.3, -0.25) is 9.69 Å². The summed E-state index contributed by atoms with van der Waals surface area (Å²) in [5.74, 6) is 0.593. The van der Waals surface area contributed by atoms with E-state index in [1.54, 1.807) is 12.0 Å². The van der Waals surface area contributed by atoms with E-state index in [2.05, 4.69) is 0 Å². The van der Waals surface area contributed by atoms with Gasteiger partial charge in [0.1, 0.15) is 11.4 Å². The van der Waals surface area contributed by atoms with Crippen molar-refractivity contribution in [2.45, 2.75) is 0 Å². The number of carbonyl (C=O) groups excluding carboxylic acids is 1. The van der Waals surface area contributed by atoms with Crippen LogP contribution in [-0.2, 0) is 4.79 Å². The van der Waals surface area contributed by atoms with Gasteiger partial charge in [-0.2, -0.15) is 0 Å². The number of amides is 1. The van der Waals surface area contributed by atoms with Crippen molar-refractivity contribution < 1.29 is 9.53 Å². The van der Waals surface area contributed by atoms with E-state index in [1.165, 1.54) is 4.90 Å². The van der Waals surface area contributed by atoms with E-state index < -0.39 is 0 Å². The fourth-order valence-corrected chi connectivity index (χ4v) is 3.03. The number of ether oxygens (including phenoxy) is 1. The number of benzene rings is 2. The second-order valence-corrected chi connectivity index (χ2v) is 6.56. The van der Waals surface area contributed by atoms with Gasteiger partial charge in [0.2, 0.25) is 0 Å². The quantitative estimate of drug-likeness (QED) is 0.612. The van der Waals surface area contributed by atoms with Gasteiger partial charge in [-0.15, -0.1) is 0 Å². The van der Waals surface area contributed by atoms with Crippen molar-refractivity contribution in [3.8, 4) is 5.75 Å². The molecule has 1 fully saturated rings. The monoisotopic (exact) mass is 367 g/mol. The highest BCUT2D eigenvalue weighted by molar-refractivity contribution is 7.80. The van der Waals surface area contributed by atoms with E-state index in [4.69, 9.17) is 17.0 Å². The second-order valence-electron chi connectivity index (χ2n) is 6.20. The van der Waals surface area contributed by atoms with Crippen LogP contribution in [0.5, 0.6) is 5.75 Å². The van der Waals surface area contributed by atoms with Crippen LogP contribution in [0, 0.1) is 0 Å². The summed E-state index contributed by atoms with van der Waals surface area (Å²) in [7, 11) is 7.40. The maximum Gasteiger partial charge on any atom is 0.281 e. The number of methoxy groups -OCH3 is 1. The summed E-state index contributed by atoms with van der Waals surface area (Å²) >= 11 is 5.48. The first-order valence-corrected chi connectivity index (χ1v) is 8.58. The van der Waals surface area contributed by atoms with Crippen LogP contribution in [0.15, 0.2) is 54.2 Å². The summed E-state index contributed by atoms with van der Waals surface area (Å²) in [6.45, 7) is 0. The highest BCUT2D eigenvalue weighted by Gasteiger charge is 2.36. The lowest BCUT2D eigenvalue weighted by Crippen LogP contribution is -2.31. The number of hydrogen-bond acceptors (Lipinski definition) is 4. The number of rotatable bonds is 4. The predicted octanol–water partition coefficient (Wildman–Crippen LogP) is 3.37. The molecule has 5 nitrogen and oxygen atoms in total. The third-order valence-corrected chi connectivity index (χ3v) is 4.76. The Morgan fingerprint density at radius 3 is 2.19 bits per heavy atom. The normalized spacial score (nSPS) is 15.8. The van der Waals surface area contributed by atoms with Crippen molar-refractivity contribution in [2.24, 2.45) is 0 Å². The number of thiocarbonyl (C=S) groups is 1. The van der Waals surface area contributed by atoms with Gasteiger partial charge in [0, 0.05) is 26.8 Å². The smallest absolute Gasteiger partial charge is 0.281 e. The van der Waals surface area contributed by atoms with Crippen molar-refractivity contribution in [2.75, 3.05) is 38.1 Å². The van der Waals surface area contributed by atoms with Gasteiger partial charge < -0.3 is 14.5 Å². The van der Waals surface area contributed by atoms with Crippen LogP contribution in [0.25, 0.3) is 6.08 Å². The molecule has 26 heavy (non-hydrogen) atoms. The molecule has 6 heteroatoms. The zero-order valence-corrected chi connectivity index (χ0v) is 16.1. The van der Waals surface area contributed by atoms with Crippen LogP contribution in [0.3, 0.4) is 0 Å². The van der Waals surface area contributed by atoms with E-state index in [-0.39, 0.29) is 5.91 Å². The average Bonchev–Trinajstić information content (AvgIpc) is 2.86. The molecule has 1 aliphatic rings. The number of anilines is 2. The molecule has 1 saturated heterocycles. The van der Waals surface area contributed by atoms with E-state index in [1.807, 2.05) is 80.6 Å². The molecule has 0 bridgehead atoms. The predicted molar refractivity (Wildman–Crippen MR) is 110 cm³/mol. The van der Waals surface area contributed by atoms with Gasteiger partial charge in [0.05, 0.1) is 12.8 Å². The molecule has 2 aromatic rings. The van der Waals surface area contributed by atoms with Gasteiger partial charge in [0.25, 0.3) is 5.91 Å². The summed E-state index contributed by atoms with van der Waals surface area (Å²) in [6, 6.07) is 15.3. The minimum absolute atomic E-state index is 0.139. The minimum Gasteiger partial charge on any atom is -0.497 e. The Morgan fingerprint density at radius 1 is 1.04 bits per heavy atom. The van der Waals surface area contributed by atoms with Crippen LogP contribution in [0.2, 0.25) is 0 Å². The van der Waals surface area contributed by atoms with Crippen molar-refractivity contribution in [3.63, 3.8) is 0 Å². The Balaban J connectivity index is 1.91. The molecule has 134 valence electrons. The lowest BCUT2D eigenvalue weighted by atomic mass is 10.1. The van der Waals surface area contributed by atoms with Crippen molar-refractivity contribution in [3.05, 3.63) is 59.8 Å². The minimum atomic E-state index is -0.139. The molecular weight excluding hydrogens is 346 g/mol. The lowest BCUT2D eigenvalue weighted by molar-refractivity contribution is -0.114. The first-order chi connectivity index (χ1) is 12.4. The molecule has 2 aromatic carbocycles. The highest BCUT2D eigenvalue weighted by atomic mass is 32.1. The molecule has 0 aromatic heterocycles. The molecule has 3 rings (SSSR count). The van der Waals surface area contributed by atoms with Crippen LogP contribution >= 0.6 is 12.2 Å². The molecule has 1 aliphatic heterocycles. The topological polar surface area (TPSA) is 36.0 Å². The molecule has 0 unspecified atom stereocenters. The molecule has 0 N–H and O–H groups in total. The maximum absolute atomic E-state index is 12.9. The van der Waals surface area contributed by atoms with E-state index in [0.29, 0.717) is 10.8 Å². The Morgan fingerprint density at radius 2 is 1.65 bits per heavy atom. The molecule has 1 heterocycles. The second kappa shape index (κ2) is 7.17. The fraction of sp³-hybridized carbons (Fsp3) is 0.200. The lowest BCUT2D eigenvalue weighted by Gasteiger charge is -2.16. The first-order valence-electron chi connectivity index (χ1n) is 8.17. The SMILES string of the molecule is COc1ccc(N2C(=O)/C(=C/c3ccc(N(C)C)cc3)N(C)C2=S)cc1. The number of hydrogen-bond donors (Lipinski definition) is 0. The van der Waals surface area contributed by atoms with E-state index in [0.717, 1.165) is 22.7 Å². The van der Waals surface area contributed by atoms with Gasteiger partial charge in [-0.05, 0) is 60.3 Å². The largest absolute Gasteiger partial charge is 0.497 e. The molecule has 0 radical (unpaired) electrons. The Hall–Kier alpha value is -2.86. The molecule has 0 atom stereocenters. The molecule has 0 saturated carbocycles. The molecule has 1 amide bonds. The number of likely N-dealkylation sites (N-methyl/N-ethyl adjacent to an activating group) is 1. The van der Waals surface area contributed by atoms with Gasteiger partial charge in [-0.1, -0.05) is 12.1 Å². The van der Waals surface area contributed by atoms with Crippen LogP contribution in [0.4, 0.5) is 11.4 Å². The summed E-state index contributed by atoms with van der Waals surface area (Å²) in [5.41, 5.74) is 3.32. The van der Waals surface area contributed by atoms with E-state index >= 15 is 0 Å². The van der Waals surface area contributed by atoms with Crippen molar-refractivity contribution in [1.82, 2.24) is 4.90 Å². The van der Waals surface area contributed by atoms with E-state index in [9.17, 15) is 4.79 Å². The van der Waals surface area contributed by atoms with Crippen LogP contribution in [-0.4, -0.2) is 44.2 Å². The summed E-state index contributed by atoms with van der Waals surface area (Å²) in [4.78, 5) is 18.3. The molecule has 0 aliphatic carbocycles.